The molecular weight excluding hydrogens is 304 g/mol. The van der Waals surface area contributed by atoms with Gasteiger partial charge in [-0.25, -0.2) is 0 Å². The number of halogens is 1. The maximum Gasteiger partial charge on any atom is 0.228 e. The van der Waals surface area contributed by atoms with Crippen molar-refractivity contribution in [3.63, 3.8) is 0 Å². The van der Waals surface area contributed by atoms with Crippen molar-refractivity contribution in [2.75, 3.05) is 31.6 Å². The number of carbonyl (C=O) groups excluding carboxylic acids is 1. The van der Waals surface area contributed by atoms with Crippen molar-refractivity contribution < 1.29 is 14.3 Å². The van der Waals surface area contributed by atoms with Crippen molar-refractivity contribution >= 4 is 24.0 Å². The first-order valence-corrected chi connectivity index (χ1v) is 7.67. The number of amides is 1. The number of benzene rings is 1. The van der Waals surface area contributed by atoms with Gasteiger partial charge in [-0.2, -0.15) is 0 Å². The maximum absolute atomic E-state index is 12.1. The highest BCUT2D eigenvalue weighted by Crippen LogP contribution is 2.20. The van der Waals surface area contributed by atoms with E-state index in [1.807, 2.05) is 24.3 Å². The van der Waals surface area contributed by atoms with E-state index in [1.54, 1.807) is 0 Å². The van der Waals surface area contributed by atoms with Gasteiger partial charge in [0.25, 0.3) is 0 Å². The van der Waals surface area contributed by atoms with Gasteiger partial charge in [-0.15, -0.1) is 12.4 Å². The van der Waals surface area contributed by atoms with Crippen LogP contribution in [-0.4, -0.2) is 38.3 Å². The molecule has 1 aromatic rings. The minimum Gasteiger partial charge on any atom is -0.488 e. The molecule has 6 heteroatoms. The van der Waals surface area contributed by atoms with Gasteiger partial charge in [0.05, 0.1) is 19.1 Å². The Kier molecular flexibility index (Phi) is 6.49. The summed E-state index contributed by atoms with van der Waals surface area (Å²) in [5.41, 5.74) is 0.820. The van der Waals surface area contributed by atoms with Crippen LogP contribution in [0.4, 0.5) is 5.69 Å². The summed E-state index contributed by atoms with van der Waals surface area (Å²) in [7, 11) is 0. The molecule has 0 aromatic heterocycles. The molecule has 22 heavy (non-hydrogen) atoms. The maximum atomic E-state index is 12.1. The Morgan fingerprint density at radius 3 is 2.73 bits per heavy atom. The van der Waals surface area contributed by atoms with E-state index in [0.29, 0.717) is 6.61 Å². The fourth-order valence-electron chi connectivity index (χ4n) is 2.74. The van der Waals surface area contributed by atoms with Gasteiger partial charge in [0, 0.05) is 18.7 Å². The smallest absolute Gasteiger partial charge is 0.228 e. The van der Waals surface area contributed by atoms with Gasteiger partial charge < -0.3 is 20.1 Å². The van der Waals surface area contributed by atoms with Gasteiger partial charge in [-0.05, 0) is 43.7 Å². The summed E-state index contributed by atoms with van der Waals surface area (Å²) < 4.78 is 11.1. The number of piperidine rings is 1. The molecule has 2 N–H and O–H groups in total. The Morgan fingerprint density at radius 2 is 2.09 bits per heavy atom. The number of hydrogen-bond donors (Lipinski definition) is 2. The molecule has 0 saturated carbocycles. The lowest BCUT2D eigenvalue weighted by Gasteiger charge is -2.22. The molecule has 2 unspecified atom stereocenters. The second-order valence-corrected chi connectivity index (χ2v) is 5.66. The van der Waals surface area contributed by atoms with E-state index in [1.165, 1.54) is 0 Å². The van der Waals surface area contributed by atoms with Crippen molar-refractivity contribution in [2.24, 2.45) is 5.92 Å². The molecule has 0 spiro atoms. The van der Waals surface area contributed by atoms with E-state index in [0.717, 1.165) is 50.4 Å². The third-order valence-electron chi connectivity index (χ3n) is 3.98. The van der Waals surface area contributed by atoms with Crippen LogP contribution in [0.5, 0.6) is 5.75 Å². The molecule has 1 amide bonds. The molecule has 122 valence electrons. The van der Waals surface area contributed by atoms with Gasteiger partial charge in [0.1, 0.15) is 11.9 Å². The second-order valence-electron chi connectivity index (χ2n) is 5.66. The van der Waals surface area contributed by atoms with E-state index >= 15 is 0 Å². The summed E-state index contributed by atoms with van der Waals surface area (Å²) in [6.07, 6.45) is 3.11. The number of nitrogens with one attached hydrogen (secondary N) is 2. The van der Waals surface area contributed by atoms with E-state index in [2.05, 4.69) is 10.6 Å². The van der Waals surface area contributed by atoms with Gasteiger partial charge >= 0.3 is 0 Å². The summed E-state index contributed by atoms with van der Waals surface area (Å²) in [5, 5.41) is 6.23. The van der Waals surface area contributed by atoms with Crippen molar-refractivity contribution in [3.05, 3.63) is 24.3 Å². The fraction of sp³-hybridized carbons (Fsp3) is 0.562. The first kappa shape index (κ1) is 17.1. The predicted molar refractivity (Wildman–Crippen MR) is 87.8 cm³/mol. The number of carbonyl (C=O) groups is 1. The third kappa shape index (κ3) is 4.60. The predicted octanol–water partition coefficient (Wildman–Crippen LogP) is 2.21. The molecule has 1 aromatic carbocycles. The number of hydrogen-bond acceptors (Lipinski definition) is 4. The Balaban J connectivity index is 0.00000176. The Bertz CT molecular complexity index is 469. The van der Waals surface area contributed by atoms with E-state index in [4.69, 9.17) is 9.47 Å². The zero-order chi connectivity index (χ0) is 14.5. The van der Waals surface area contributed by atoms with Crippen LogP contribution in [0.25, 0.3) is 0 Å². The summed E-state index contributed by atoms with van der Waals surface area (Å²) in [6, 6.07) is 7.57. The number of anilines is 1. The normalized spacial score (nSPS) is 24.4. The largest absolute Gasteiger partial charge is 0.488 e. The summed E-state index contributed by atoms with van der Waals surface area (Å²) in [4.78, 5) is 12.1. The molecule has 2 aliphatic heterocycles. The first-order chi connectivity index (χ1) is 10.3. The molecule has 2 saturated heterocycles. The van der Waals surface area contributed by atoms with Crippen LogP contribution in [0.15, 0.2) is 24.3 Å². The summed E-state index contributed by atoms with van der Waals surface area (Å²) >= 11 is 0. The molecule has 0 bridgehead atoms. The molecule has 2 heterocycles. The summed E-state index contributed by atoms with van der Waals surface area (Å²) in [6.45, 7) is 3.22. The highest BCUT2D eigenvalue weighted by Gasteiger charge is 2.21. The third-order valence-corrected chi connectivity index (χ3v) is 3.98. The molecule has 2 fully saturated rings. The molecular formula is C16H23ClN2O3. The average Bonchev–Trinajstić information content (AvgIpc) is 3.03. The Hall–Kier alpha value is -1.30. The second kappa shape index (κ2) is 8.36. The van der Waals surface area contributed by atoms with E-state index < -0.39 is 0 Å². The zero-order valence-electron chi connectivity index (χ0n) is 12.5. The molecule has 2 aliphatic rings. The zero-order valence-corrected chi connectivity index (χ0v) is 13.4. The molecule has 0 radical (unpaired) electrons. The van der Waals surface area contributed by atoms with Gasteiger partial charge in [0.15, 0.2) is 0 Å². The monoisotopic (exact) mass is 326 g/mol. The highest BCUT2D eigenvalue weighted by molar-refractivity contribution is 5.92. The van der Waals surface area contributed by atoms with Crippen LogP contribution in [0, 0.1) is 5.92 Å². The Morgan fingerprint density at radius 1 is 1.27 bits per heavy atom. The highest BCUT2D eigenvalue weighted by atomic mass is 35.5. The quantitative estimate of drug-likeness (QED) is 0.890. The SMILES string of the molecule is Cl.O=C(Nc1ccc(OC2CCOC2)cc1)C1CCCNC1. The van der Waals surface area contributed by atoms with Gasteiger partial charge in [-0.3, -0.25) is 4.79 Å². The summed E-state index contributed by atoms with van der Waals surface area (Å²) in [5.74, 6) is 0.994. The van der Waals surface area contributed by atoms with Gasteiger partial charge in [0.2, 0.25) is 5.91 Å². The Labute approximate surface area is 137 Å². The lowest BCUT2D eigenvalue weighted by Crippen LogP contribution is -2.37. The van der Waals surface area contributed by atoms with Crippen molar-refractivity contribution in [1.29, 1.82) is 0 Å². The fourth-order valence-corrected chi connectivity index (χ4v) is 2.74. The van der Waals surface area contributed by atoms with Crippen LogP contribution < -0.4 is 15.4 Å². The first-order valence-electron chi connectivity index (χ1n) is 7.67. The van der Waals surface area contributed by atoms with Crippen LogP contribution in [0.2, 0.25) is 0 Å². The van der Waals surface area contributed by atoms with Crippen molar-refractivity contribution in [2.45, 2.75) is 25.4 Å². The minimum atomic E-state index is 0. The van der Waals surface area contributed by atoms with Crippen molar-refractivity contribution in [3.8, 4) is 5.75 Å². The topological polar surface area (TPSA) is 59.6 Å². The van der Waals surface area contributed by atoms with Crippen molar-refractivity contribution in [1.82, 2.24) is 5.32 Å². The lowest BCUT2D eigenvalue weighted by atomic mass is 9.99. The van der Waals surface area contributed by atoms with E-state index in [-0.39, 0.29) is 30.3 Å². The lowest BCUT2D eigenvalue weighted by molar-refractivity contribution is -0.120. The van der Waals surface area contributed by atoms with Gasteiger partial charge in [-0.1, -0.05) is 0 Å². The van der Waals surface area contributed by atoms with Crippen LogP contribution in [0.3, 0.4) is 0 Å². The molecule has 2 atom stereocenters. The number of rotatable bonds is 4. The average molecular weight is 327 g/mol. The molecule has 0 aliphatic carbocycles. The molecule has 3 rings (SSSR count). The van der Waals surface area contributed by atoms with E-state index in [9.17, 15) is 4.79 Å². The minimum absolute atomic E-state index is 0. The standard InChI is InChI=1S/C16H22N2O3.ClH/c19-16(12-2-1-8-17-10-12)18-13-3-5-14(6-4-13)21-15-7-9-20-11-15;/h3-6,12,15,17H,1-2,7-11H2,(H,18,19);1H. The van der Waals surface area contributed by atoms with Crippen LogP contribution >= 0.6 is 12.4 Å². The van der Waals surface area contributed by atoms with Crippen LogP contribution in [-0.2, 0) is 9.53 Å². The van der Waals surface area contributed by atoms with Crippen LogP contribution in [0.1, 0.15) is 19.3 Å². The number of ether oxygens (including phenoxy) is 2. The molecule has 5 nitrogen and oxygen atoms in total.